The molecule has 22 heavy (non-hydrogen) atoms. The van der Waals surface area contributed by atoms with Crippen LogP contribution in [0.1, 0.15) is 36.7 Å². The highest BCUT2D eigenvalue weighted by atomic mass is 79.9. The van der Waals surface area contributed by atoms with Crippen LogP contribution < -0.4 is 4.74 Å². The van der Waals surface area contributed by atoms with Crippen molar-refractivity contribution in [2.24, 2.45) is 0 Å². The quantitative estimate of drug-likeness (QED) is 0.571. The average Bonchev–Trinajstić information content (AvgIpc) is 2.81. The molecule has 1 N–H and O–H groups in total. The fourth-order valence-corrected chi connectivity index (χ4v) is 2.75. The Balaban J connectivity index is 2.27. The summed E-state index contributed by atoms with van der Waals surface area (Å²) in [4.78, 5) is 0. The third-order valence-corrected chi connectivity index (χ3v) is 4.58. The Bertz CT molecular complexity index is 733. The summed E-state index contributed by atoms with van der Waals surface area (Å²) in [5, 5.41) is 7.02. The van der Waals surface area contributed by atoms with Crippen LogP contribution in [0.25, 0.3) is 0 Å². The molecule has 2 aromatic rings. The van der Waals surface area contributed by atoms with Gasteiger partial charge in [-0.3, -0.25) is 9.67 Å². The minimum atomic E-state index is 0.363. The Labute approximate surface area is 144 Å². The highest BCUT2D eigenvalue weighted by Crippen LogP contribution is 2.32. The van der Waals surface area contributed by atoms with Gasteiger partial charge in [0.2, 0.25) is 0 Å². The first kappa shape index (κ1) is 17.0. The number of halogens is 1. The second-order valence-corrected chi connectivity index (χ2v) is 6.67. The molecule has 0 amide bonds. The summed E-state index contributed by atoms with van der Waals surface area (Å²) in [5.41, 5.74) is 2.31. The van der Waals surface area contributed by atoms with E-state index in [4.69, 9.17) is 17.0 Å². The summed E-state index contributed by atoms with van der Waals surface area (Å²) in [6, 6.07) is 4.18. The van der Waals surface area contributed by atoms with Crippen molar-refractivity contribution in [3.63, 3.8) is 0 Å². The van der Waals surface area contributed by atoms with Gasteiger partial charge in [0.1, 0.15) is 12.4 Å². The lowest BCUT2D eigenvalue weighted by molar-refractivity contribution is 0.286. The van der Waals surface area contributed by atoms with E-state index in [9.17, 15) is 0 Å². The lowest BCUT2D eigenvalue weighted by Crippen LogP contribution is -2.08. The van der Waals surface area contributed by atoms with Gasteiger partial charge >= 0.3 is 0 Å². The molecule has 2 rings (SSSR count). The van der Waals surface area contributed by atoms with E-state index in [0.29, 0.717) is 23.8 Å². The first-order valence-corrected chi connectivity index (χ1v) is 8.32. The van der Waals surface area contributed by atoms with Crippen molar-refractivity contribution in [1.82, 2.24) is 14.8 Å². The SMILES string of the molecule is C=CCn1c(COc2cc(C)c(Br)cc2C(C)C)n[nH]c1=S. The maximum absolute atomic E-state index is 6.02. The van der Waals surface area contributed by atoms with Crippen molar-refractivity contribution in [3.05, 3.63) is 51.0 Å². The number of aromatic nitrogens is 3. The van der Waals surface area contributed by atoms with Gasteiger partial charge in [0.15, 0.2) is 10.6 Å². The van der Waals surface area contributed by atoms with E-state index in [-0.39, 0.29) is 0 Å². The number of aryl methyl sites for hydroxylation is 1. The number of nitrogens with one attached hydrogen (secondary N) is 1. The van der Waals surface area contributed by atoms with Gasteiger partial charge in [0.25, 0.3) is 0 Å². The van der Waals surface area contributed by atoms with E-state index in [1.807, 2.05) is 4.57 Å². The largest absolute Gasteiger partial charge is 0.485 e. The van der Waals surface area contributed by atoms with Crippen molar-refractivity contribution in [2.45, 2.75) is 39.8 Å². The molecule has 0 radical (unpaired) electrons. The van der Waals surface area contributed by atoms with Crippen LogP contribution in [0, 0.1) is 11.7 Å². The Morgan fingerprint density at radius 3 is 2.86 bits per heavy atom. The number of aromatic amines is 1. The zero-order valence-electron chi connectivity index (χ0n) is 13.0. The highest BCUT2D eigenvalue weighted by molar-refractivity contribution is 9.10. The molecule has 0 bridgehead atoms. The second kappa shape index (κ2) is 7.24. The lowest BCUT2D eigenvalue weighted by atomic mass is 10.0. The molecule has 0 fully saturated rings. The van der Waals surface area contributed by atoms with Crippen molar-refractivity contribution < 1.29 is 4.74 Å². The monoisotopic (exact) mass is 381 g/mol. The molecular weight excluding hydrogens is 362 g/mol. The fraction of sp³-hybridized carbons (Fsp3) is 0.375. The van der Waals surface area contributed by atoms with Crippen molar-refractivity contribution in [3.8, 4) is 5.75 Å². The van der Waals surface area contributed by atoms with Gasteiger partial charge in [0, 0.05) is 11.0 Å². The molecule has 1 aromatic heterocycles. The summed E-state index contributed by atoms with van der Waals surface area (Å²) in [5.74, 6) is 2.02. The minimum Gasteiger partial charge on any atom is -0.485 e. The van der Waals surface area contributed by atoms with E-state index in [1.165, 1.54) is 5.56 Å². The Morgan fingerprint density at radius 1 is 1.50 bits per heavy atom. The number of hydrogen-bond acceptors (Lipinski definition) is 3. The molecule has 6 heteroatoms. The maximum atomic E-state index is 6.02. The molecule has 1 heterocycles. The number of nitrogens with zero attached hydrogens (tertiary/aromatic N) is 2. The highest BCUT2D eigenvalue weighted by Gasteiger charge is 2.13. The van der Waals surface area contributed by atoms with Gasteiger partial charge in [0.05, 0.1) is 0 Å². The van der Waals surface area contributed by atoms with Crippen LogP contribution in [0.15, 0.2) is 29.3 Å². The first-order chi connectivity index (χ1) is 10.4. The third kappa shape index (κ3) is 3.67. The van der Waals surface area contributed by atoms with Gasteiger partial charge < -0.3 is 4.74 Å². The Morgan fingerprint density at radius 2 is 2.23 bits per heavy atom. The molecule has 0 saturated carbocycles. The van der Waals surface area contributed by atoms with E-state index in [1.54, 1.807) is 6.08 Å². The smallest absolute Gasteiger partial charge is 0.195 e. The Kier molecular flexibility index (Phi) is 5.58. The molecule has 118 valence electrons. The summed E-state index contributed by atoms with van der Waals surface area (Å²) in [7, 11) is 0. The molecule has 4 nitrogen and oxygen atoms in total. The second-order valence-electron chi connectivity index (χ2n) is 5.43. The summed E-state index contributed by atoms with van der Waals surface area (Å²) in [6.45, 7) is 11.1. The maximum Gasteiger partial charge on any atom is 0.195 e. The average molecular weight is 382 g/mol. The predicted octanol–water partition coefficient (Wildman–Crippen LogP) is 4.90. The van der Waals surface area contributed by atoms with Crippen molar-refractivity contribution in [2.75, 3.05) is 0 Å². The number of benzene rings is 1. The summed E-state index contributed by atoms with van der Waals surface area (Å²) in [6.07, 6.45) is 1.79. The van der Waals surface area contributed by atoms with Crippen LogP contribution in [0.5, 0.6) is 5.75 Å². The number of hydrogen-bond donors (Lipinski definition) is 1. The van der Waals surface area contributed by atoms with Crippen LogP contribution in [0.3, 0.4) is 0 Å². The zero-order chi connectivity index (χ0) is 16.3. The minimum absolute atomic E-state index is 0.363. The molecule has 0 spiro atoms. The molecule has 1 aromatic carbocycles. The Hall–Kier alpha value is -1.40. The van der Waals surface area contributed by atoms with Crippen LogP contribution >= 0.6 is 28.1 Å². The first-order valence-electron chi connectivity index (χ1n) is 7.11. The summed E-state index contributed by atoms with van der Waals surface area (Å²) < 4.78 is 9.57. The fourth-order valence-electron chi connectivity index (χ4n) is 2.17. The number of ether oxygens (including phenoxy) is 1. The van der Waals surface area contributed by atoms with Crippen LogP contribution in [-0.2, 0) is 13.2 Å². The van der Waals surface area contributed by atoms with Crippen LogP contribution in [0.4, 0.5) is 0 Å². The molecule has 0 unspecified atom stereocenters. The van der Waals surface area contributed by atoms with Crippen molar-refractivity contribution >= 4 is 28.1 Å². The van der Waals surface area contributed by atoms with Gasteiger partial charge in [-0.1, -0.05) is 35.9 Å². The number of rotatable bonds is 6. The standard InChI is InChI=1S/C16H20BrN3OS/c1-5-6-20-15(18-19-16(20)22)9-21-14-7-11(4)13(17)8-12(14)10(2)3/h5,7-8,10H,1,6,9H2,2-4H3,(H,19,22). The molecule has 0 aliphatic carbocycles. The molecule has 0 aliphatic rings. The van der Waals surface area contributed by atoms with Crippen LogP contribution in [0.2, 0.25) is 0 Å². The molecule has 0 saturated heterocycles. The lowest BCUT2D eigenvalue weighted by Gasteiger charge is -2.16. The number of H-pyrrole nitrogens is 1. The zero-order valence-corrected chi connectivity index (χ0v) is 15.4. The third-order valence-electron chi connectivity index (χ3n) is 3.42. The molecular formula is C16H20BrN3OS. The van der Waals surface area contributed by atoms with Gasteiger partial charge in [-0.25, -0.2) is 0 Å². The number of allylic oxidation sites excluding steroid dienone is 1. The van der Waals surface area contributed by atoms with E-state index in [2.05, 4.69) is 65.6 Å². The molecule has 0 atom stereocenters. The van der Waals surface area contributed by atoms with Gasteiger partial charge in [-0.05, 0) is 48.3 Å². The van der Waals surface area contributed by atoms with E-state index >= 15 is 0 Å². The van der Waals surface area contributed by atoms with Gasteiger partial charge in [-0.2, -0.15) is 5.10 Å². The topological polar surface area (TPSA) is 42.8 Å². The predicted molar refractivity (Wildman–Crippen MR) is 94.9 cm³/mol. The normalized spacial score (nSPS) is 11.0. The van der Waals surface area contributed by atoms with Gasteiger partial charge in [-0.15, -0.1) is 6.58 Å². The van der Waals surface area contributed by atoms with Crippen molar-refractivity contribution in [1.29, 1.82) is 0 Å². The van der Waals surface area contributed by atoms with E-state index < -0.39 is 0 Å². The summed E-state index contributed by atoms with van der Waals surface area (Å²) >= 11 is 8.79. The molecule has 0 aliphatic heterocycles. The van der Waals surface area contributed by atoms with E-state index in [0.717, 1.165) is 21.6 Å². The van der Waals surface area contributed by atoms with Crippen LogP contribution in [-0.4, -0.2) is 14.8 Å².